The molecule has 2 aromatic heterocycles. The van der Waals surface area contributed by atoms with E-state index in [2.05, 4.69) is 26.7 Å². The van der Waals surface area contributed by atoms with Gasteiger partial charge in [-0.05, 0) is 38.8 Å². The Morgan fingerprint density at radius 2 is 1.77 bits per heavy atom. The van der Waals surface area contributed by atoms with Crippen molar-refractivity contribution in [3.05, 3.63) is 34.6 Å². The number of carbonyl (C=O) groups is 1. The van der Waals surface area contributed by atoms with Crippen LogP contribution in [0.25, 0.3) is 0 Å². The van der Waals surface area contributed by atoms with Crippen molar-refractivity contribution in [3.63, 3.8) is 0 Å². The Kier molecular flexibility index (Phi) is 4.80. The minimum atomic E-state index is 0.0391. The van der Waals surface area contributed by atoms with Crippen LogP contribution in [0.2, 0.25) is 0 Å². The van der Waals surface area contributed by atoms with E-state index in [1.807, 2.05) is 24.0 Å². The maximum absolute atomic E-state index is 12.9. The summed E-state index contributed by atoms with van der Waals surface area (Å²) in [7, 11) is 0. The first-order valence-corrected chi connectivity index (χ1v) is 10.1. The molecule has 0 saturated carbocycles. The van der Waals surface area contributed by atoms with Gasteiger partial charge in [-0.2, -0.15) is 0 Å². The van der Waals surface area contributed by atoms with Crippen molar-refractivity contribution in [1.82, 2.24) is 14.9 Å². The van der Waals surface area contributed by atoms with E-state index >= 15 is 0 Å². The molecular formula is C19H25N5OS. The van der Waals surface area contributed by atoms with E-state index in [1.165, 1.54) is 17.7 Å². The number of carbonyl (C=O) groups excluding carboxylic acids is 1. The molecule has 4 rings (SSSR count). The lowest BCUT2D eigenvalue weighted by Crippen LogP contribution is -2.49. The van der Waals surface area contributed by atoms with Crippen LogP contribution in [-0.2, 0) is 0 Å². The lowest BCUT2D eigenvalue weighted by molar-refractivity contribution is 0.0741. The van der Waals surface area contributed by atoms with Crippen LogP contribution >= 0.6 is 11.3 Å². The monoisotopic (exact) mass is 371 g/mol. The molecule has 1 amide bonds. The lowest BCUT2D eigenvalue weighted by Gasteiger charge is -2.34. The van der Waals surface area contributed by atoms with Crippen molar-refractivity contribution in [2.24, 2.45) is 0 Å². The van der Waals surface area contributed by atoms with Crippen molar-refractivity contribution < 1.29 is 4.79 Å². The number of rotatable bonds is 3. The van der Waals surface area contributed by atoms with Crippen LogP contribution in [0.1, 0.15) is 33.9 Å². The molecule has 0 N–H and O–H groups in total. The van der Waals surface area contributed by atoms with Gasteiger partial charge in [-0.3, -0.25) is 9.78 Å². The summed E-state index contributed by atoms with van der Waals surface area (Å²) >= 11 is 1.74. The van der Waals surface area contributed by atoms with Crippen molar-refractivity contribution in [2.75, 3.05) is 49.1 Å². The van der Waals surface area contributed by atoms with Gasteiger partial charge in [0.1, 0.15) is 5.69 Å². The highest BCUT2D eigenvalue weighted by molar-refractivity contribution is 7.15. The van der Waals surface area contributed by atoms with Crippen LogP contribution in [0.3, 0.4) is 0 Å². The van der Waals surface area contributed by atoms with Crippen molar-refractivity contribution >= 4 is 28.1 Å². The van der Waals surface area contributed by atoms with Crippen LogP contribution in [0, 0.1) is 13.8 Å². The second kappa shape index (κ2) is 7.23. The molecule has 138 valence electrons. The topological polar surface area (TPSA) is 52.6 Å². The predicted octanol–water partition coefficient (Wildman–Crippen LogP) is 2.72. The van der Waals surface area contributed by atoms with Crippen LogP contribution < -0.4 is 9.80 Å². The molecule has 0 bridgehead atoms. The molecule has 2 fully saturated rings. The van der Waals surface area contributed by atoms with E-state index in [-0.39, 0.29) is 5.91 Å². The third-order valence-corrected chi connectivity index (χ3v) is 6.42. The molecule has 0 unspecified atom stereocenters. The number of aromatic nitrogens is 2. The lowest BCUT2D eigenvalue weighted by atomic mass is 10.2. The van der Waals surface area contributed by atoms with Crippen LogP contribution in [-0.4, -0.2) is 60.0 Å². The largest absolute Gasteiger partial charge is 0.371 e. The quantitative estimate of drug-likeness (QED) is 0.830. The summed E-state index contributed by atoms with van der Waals surface area (Å²) in [4.78, 5) is 29.7. The van der Waals surface area contributed by atoms with Gasteiger partial charge in [-0.15, -0.1) is 11.3 Å². The molecule has 0 radical (unpaired) electrons. The molecular weight excluding hydrogens is 346 g/mol. The van der Waals surface area contributed by atoms with Crippen molar-refractivity contribution in [2.45, 2.75) is 26.7 Å². The molecule has 7 heteroatoms. The number of piperazine rings is 1. The molecule has 2 aliphatic heterocycles. The van der Waals surface area contributed by atoms with Gasteiger partial charge in [0.25, 0.3) is 5.91 Å². The fourth-order valence-electron chi connectivity index (χ4n) is 3.56. The third-order valence-electron chi connectivity index (χ3n) is 5.29. The second-order valence-corrected chi connectivity index (χ2v) is 8.19. The first-order chi connectivity index (χ1) is 12.6. The average Bonchev–Trinajstić information content (AvgIpc) is 3.32. The summed E-state index contributed by atoms with van der Waals surface area (Å²) in [6, 6.07) is 3.96. The van der Waals surface area contributed by atoms with Gasteiger partial charge in [0, 0.05) is 56.0 Å². The molecule has 26 heavy (non-hydrogen) atoms. The first kappa shape index (κ1) is 17.3. The smallest absolute Gasteiger partial charge is 0.272 e. The molecule has 2 aliphatic rings. The van der Waals surface area contributed by atoms with Gasteiger partial charge in [0.2, 0.25) is 0 Å². The molecule has 6 nitrogen and oxygen atoms in total. The first-order valence-electron chi connectivity index (χ1n) is 9.31. The number of pyridine rings is 1. The van der Waals surface area contributed by atoms with Crippen LogP contribution in [0.5, 0.6) is 0 Å². The summed E-state index contributed by atoms with van der Waals surface area (Å²) in [6.45, 7) is 9.38. The average molecular weight is 372 g/mol. The number of anilines is 2. The van der Waals surface area contributed by atoms with E-state index in [4.69, 9.17) is 0 Å². The minimum absolute atomic E-state index is 0.0391. The summed E-state index contributed by atoms with van der Waals surface area (Å²) in [5.74, 6) is 0.0391. The zero-order valence-electron chi connectivity index (χ0n) is 15.4. The van der Waals surface area contributed by atoms with E-state index in [0.717, 1.165) is 42.7 Å². The van der Waals surface area contributed by atoms with Crippen LogP contribution in [0.15, 0.2) is 18.3 Å². The number of aryl methyl sites for hydroxylation is 2. The summed E-state index contributed by atoms with van der Waals surface area (Å²) < 4.78 is 0. The Bertz CT molecular complexity index is 771. The molecule has 0 spiro atoms. The highest BCUT2D eigenvalue weighted by Gasteiger charge is 2.25. The molecule has 0 aliphatic carbocycles. The van der Waals surface area contributed by atoms with Gasteiger partial charge in [0.15, 0.2) is 5.13 Å². The van der Waals surface area contributed by atoms with Gasteiger partial charge >= 0.3 is 0 Å². The van der Waals surface area contributed by atoms with Gasteiger partial charge in [-0.1, -0.05) is 0 Å². The van der Waals surface area contributed by atoms with Crippen molar-refractivity contribution in [1.29, 1.82) is 0 Å². The van der Waals surface area contributed by atoms with Crippen molar-refractivity contribution in [3.8, 4) is 0 Å². The third kappa shape index (κ3) is 3.40. The Morgan fingerprint density at radius 1 is 1.04 bits per heavy atom. The van der Waals surface area contributed by atoms with E-state index in [0.29, 0.717) is 18.8 Å². The Morgan fingerprint density at radius 3 is 2.42 bits per heavy atom. The normalized spacial score (nSPS) is 17.8. The Balaban J connectivity index is 1.41. The van der Waals surface area contributed by atoms with Gasteiger partial charge in [0.05, 0.1) is 5.69 Å². The number of hydrogen-bond donors (Lipinski definition) is 0. The number of thiazole rings is 1. The zero-order chi connectivity index (χ0) is 18.1. The number of hydrogen-bond acceptors (Lipinski definition) is 6. The zero-order valence-corrected chi connectivity index (χ0v) is 16.3. The SMILES string of the molecule is Cc1nc(N2CCN(C(=O)c3cc(N4CCCC4)ccn3)CC2)sc1C. The van der Waals surface area contributed by atoms with Gasteiger partial charge < -0.3 is 14.7 Å². The maximum atomic E-state index is 12.9. The molecule has 0 atom stereocenters. The highest BCUT2D eigenvalue weighted by atomic mass is 32.1. The maximum Gasteiger partial charge on any atom is 0.272 e. The summed E-state index contributed by atoms with van der Waals surface area (Å²) in [6.07, 6.45) is 4.21. The number of amides is 1. The van der Waals surface area contributed by atoms with Gasteiger partial charge in [-0.25, -0.2) is 4.98 Å². The minimum Gasteiger partial charge on any atom is -0.371 e. The molecule has 0 aromatic carbocycles. The Hall–Kier alpha value is -2.15. The summed E-state index contributed by atoms with van der Waals surface area (Å²) in [5, 5.41) is 1.07. The van der Waals surface area contributed by atoms with E-state index < -0.39 is 0 Å². The fourth-order valence-corrected chi connectivity index (χ4v) is 4.52. The van der Waals surface area contributed by atoms with E-state index in [1.54, 1.807) is 17.5 Å². The summed E-state index contributed by atoms with van der Waals surface area (Å²) in [5.41, 5.74) is 2.78. The predicted molar refractivity (Wildman–Crippen MR) is 105 cm³/mol. The van der Waals surface area contributed by atoms with Crippen LogP contribution in [0.4, 0.5) is 10.8 Å². The Labute approximate surface area is 158 Å². The standard InChI is InChI=1S/C19H25N5OS/c1-14-15(2)26-19(21-14)24-11-9-23(10-12-24)18(25)17-13-16(5-6-20-17)22-7-3-4-8-22/h5-6,13H,3-4,7-12H2,1-2H3. The fraction of sp³-hybridized carbons (Fsp3) is 0.526. The van der Waals surface area contributed by atoms with E-state index in [9.17, 15) is 4.79 Å². The highest BCUT2D eigenvalue weighted by Crippen LogP contribution is 2.26. The second-order valence-electron chi connectivity index (χ2n) is 7.01. The number of nitrogens with zero attached hydrogens (tertiary/aromatic N) is 5. The molecule has 2 saturated heterocycles. The molecule has 4 heterocycles. The molecule has 2 aromatic rings.